The molecule has 0 bridgehead atoms. The maximum Gasteiger partial charge on any atom is 0.135 e. The Hall–Kier alpha value is -1.13. The summed E-state index contributed by atoms with van der Waals surface area (Å²) in [7, 11) is 0. The van der Waals surface area contributed by atoms with Gasteiger partial charge in [0.05, 0.1) is 0 Å². The number of aryl methyl sites for hydroxylation is 1. The summed E-state index contributed by atoms with van der Waals surface area (Å²) in [5, 5.41) is 3.89. The van der Waals surface area contributed by atoms with Gasteiger partial charge in [0, 0.05) is 23.2 Å². The van der Waals surface area contributed by atoms with Crippen LogP contribution >= 0.6 is 27.5 Å². The van der Waals surface area contributed by atoms with Crippen molar-refractivity contribution in [2.75, 3.05) is 5.32 Å². The highest BCUT2D eigenvalue weighted by Gasteiger charge is 2.02. The molecule has 5 heteroatoms. The van der Waals surface area contributed by atoms with E-state index in [0.29, 0.717) is 5.02 Å². The van der Waals surface area contributed by atoms with Crippen molar-refractivity contribution in [3.05, 3.63) is 45.8 Å². The molecule has 0 unspecified atom stereocenters. The average Bonchev–Trinajstić information content (AvgIpc) is 2.28. The Morgan fingerprint density at radius 3 is 2.82 bits per heavy atom. The van der Waals surface area contributed by atoms with Crippen molar-refractivity contribution >= 4 is 39.0 Å². The monoisotopic (exact) mass is 311 g/mol. The second-order valence-electron chi connectivity index (χ2n) is 3.48. The average molecular weight is 313 g/mol. The molecular formula is C12H11BrClN3. The van der Waals surface area contributed by atoms with Crippen LogP contribution in [0.25, 0.3) is 0 Å². The van der Waals surface area contributed by atoms with E-state index in [0.717, 1.165) is 28.4 Å². The lowest BCUT2D eigenvalue weighted by atomic mass is 10.3. The molecule has 0 fully saturated rings. The van der Waals surface area contributed by atoms with Crippen LogP contribution in [0.3, 0.4) is 0 Å². The minimum Gasteiger partial charge on any atom is -0.340 e. The molecule has 0 aliphatic carbocycles. The molecule has 3 nitrogen and oxygen atoms in total. The number of hydrogen-bond donors (Lipinski definition) is 1. The molecule has 1 heterocycles. The highest BCUT2D eigenvalue weighted by molar-refractivity contribution is 9.10. The molecule has 2 rings (SSSR count). The van der Waals surface area contributed by atoms with Crippen LogP contribution in [0.2, 0.25) is 5.02 Å². The Balaban J connectivity index is 2.26. The van der Waals surface area contributed by atoms with Crippen LogP contribution in [0.4, 0.5) is 11.5 Å². The maximum absolute atomic E-state index is 5.92. The summed E-state index contributed by atoms with van der Waals surface area (Å²) >= 11 is 9.28. The molecule has 0 radical (unpaired) electrons. The lowest BCUT2D eigenvalue weighted by Gasteiger charge is -2.07. The number of benzene rings is 1. The number of aromatic nitrogens is 2. The lowest BCUT2D eigenvalue weighted by molar-refractivity contribution is 0.931. The van der Waals surface area contributed by atoms with Gasteiger partial charge in [-0.25, -0.2) is 9.97 Å². The molecule has 1 aromatic heterocycles. The van der Waals surface area contributed by atoms with Gasteiger partial charge in [-0.15, -0.1) is 0 Å². The Morgan fingerprint density at radius 1 is 1.29 bits per heavy atom. The van der Waals surface area contributed by atoms with Crippen molar-refractivity contribution in [2.45, 2.75) is 13.3 Å². The molecule has 1 aromatic carbocycles. The molecule has 2 aromatic rings. The highest BCUT2D eigenvalue weighted by atomic mass is 79.9. The fourth-order valence-corrected chi connectivity index (χ4v) is 2.01. The van der Waals surface area contributed by atoms with E-state index in [4.69, 9.17) is 11.6 Å². The number of anilines is 2. The number of hydrogen-bond acceptors (Lipinski definition) is 3. The minimum atomic E-state index is 0.693. The SMILES string of the molecule is CCc1nc(Br)cc(Nc2cccc(Cl)c2)n1. The molecule has 0 amide bonds. The molecule has 0 atom stereocenters. The Bertz CT molecular complexity index is 531. The second kappa shape index (κ2) is 5.47. The zero-order valence-electron chi connectivity index (χ0n) is 9.24. The van der Waals surface area contributed by atoms with Crippen molar-refractivity contribution in [3.8, 4) is 0 Å². The van der Waals surface area contributed by atoms with E-state index in [2.05, 4.69) is 31.2 Å². The molecule has 0 saturated carbocycles. The summed E-state index contributed by atoms with van der Waals surface area (Å²) in [6.07, 6.45) is 0.795. The van der Waals surface area contributed by atoms with Crippen molar-refractivity contribution in [2.24, 2.45) is 0 Å². The summed E-state index contributed by atoms with van der Waals surface area (Å²) in [6, 6.07) is 9.35. The van der Waals surface area contributed by atoms with Gasteiger partial charge in [0.25, 0.3) is 0 Å². The van der Waals surface area contributed by atoms with Gasteiger partial charge in [-0.05, 0) is 34.1 Å². The van der Waals surface area contributed by atoms with E-state index >= 15 is 0 Å². The zero-order valence-corrected chi connectivity index (χ0v) is 11.6. The minimum absolute atomic E-state index is 0.693. The van der Waals surface area contributed by atoms with Gasteiger partial charge < -0.3 is 5.32 Å². The summed E-state index contributed by atoms with van der Waals surface area (Å²) in [5.41, 5.74) is 0.908. The molecule has 1 N–H and O–H groups in total. The van der Waals surface area contributed by atoms with Gasteiger partial charge in [-0.1, -0.05) is 24.6 Å². The van der Waals surface area contributed by atoms with Crippen LogP contribution < -0.4 is 5.32 Å². The Labute approximate surface area is 113 Å². The molecule has 0 spiro atoms. The fourth-order valence-electron chi connectivity index (χ4n) is 1.40. The number of nitrogens with zero attached hydrogens (tertiary/aromatic N) is 2. The van der Waals surface area contributed by atoms with Gasteiger partial charge in [-0.3, -0.25) is 0 Å². The number of halogens is 2. The second-order valence-corrected chi connectivity index (χ2v) is 4.73. The van der Waals surface area contributed by atoms with Crippen LogP contribution in [-0.2, 0) is 6.42 Å². The maximum atomic E-state index is 5.92. The molecule has 0 saturated heterocycles. The molecular weight excluding hydrogens is 302 g/mol. The van der Waals surface area contributed by atoms with Crippen molar-refractivity contribution in [1.82, 2.24) is 9.97 Å². The molecule has 88 valence electrons. The summed E-state index contributed by atoms with van der Waals surface area (Å²) in [5.74, 6) is 1.55. The van der Waals surface area contributed by atoms with Gasteiger partial charge in [0.2, 0.25) is 0 Å². The molecule has 0 aliphatic rings. The largest absolute Gasteiger partial charge is 0.340 e. The number of rotatable bonds is 3. The van der Waals surface area contributed by atoms with Crippen LogP contribution in [0.1, 0.15) is 12.7 Å². The van der Waals surface area contributed by atoms with Gasteiger partial charge >= 0.3 is 0 Å². The number of nitrogens with one attached hydrogen (secondary N) is 1. The van der Waals surface area contributed by atoms with E-state index in [9.17, 15) is 0 Å². The third-order valence-corrected chi connectivity index (χ3v) is 2.80. The summed E-state index contributed by atoms with van der Waals surface area (Å²) in [6.45, 7) is 2.02. The molecule has 0 aliphatic heterocycles. The smallest absolute Gasteiger partial charge is 0.135 e. The van der Waals surface area contributed by atoms with Gasteiger partial charge in [0.1, 0.15) is 16.2 Å². The summed E-state index contributed by atoms with van der Waals surface area (Å²) < 4.78 is 0.772. The van der Waals surface area contributed by atoms with Crippen LogP contribution in [0, 0.1) is 0 Å². The lowest BCUT2D eigenvalue weighted by Crippen LogP contribution is -1.99. The Kier molecular flexibility index (Phi) is 3.97. The van der Waals surface area contributed by atoms with E-state index in [1.807, 2.05) is 37.3 Å². The Morgan fingerprint density at radius 2 is 2.12 bits per heavy atom. The van der Waals surface area contributed by atoms with E-state index < -0.39 is 0 Å². The van der Waals surface area contributed by atoms with Crippen molar-refractivity contribution in [1.29, 1.82) is 0 Å². The van der Waals surface area contributed by atoms with Crippen molar-refractivity contribution in [3.63, 3.8) is 0 Å². The topological polar surface area (TPSA) is 37.8 Å². The van der Waals surface area contributed by atoms with Crippen LogP contribution in [-0.4, -0.2) is 9.97 Å². The first-order valence-electron chi connectivity index (χ1n) is 5.23. The first kappa shape index (κ1) is 12.3. The van der Waals surface area contributed by atoms with Crippen LogP contribution in [0.5, 0.6) is 0 Å². The molecule has 17 heavy (non-hydrogen) atoms. The van der Waals surface area contributed by atoms with Gasteiger partial charge in [0.15, 0.2) is 0 Å². The third-order valence-electron chi connectivity index (χ3n) is 2.15. The normalized spacial score (nSPS) is 10.3. The van der Waals surface area contributed by atoms with Crippen LogP contribution in [0.15, 0.2) is 34.9 Å². The standard InChI is InChI=1S/C12H11BrClN3/c1-2-11-16-10(13)7-12(17-11)15-9-5-3-4-8(14)6-9/h3-7H,2H2,1H3,(H,15,16,17). The first-order chi connectivity index (χ1) is 8.17. The van der Waals surface area contributed by atoms with E-state index in [-0.39, 0.29) is 0 Å². The van der Waals surface area contributed by atoms with E-state index in [1.54, 1.807) is 0 Å². The predicted molar refractivity (Wildman–Crippen MR) is 73.8 cm³/mol. The predicted octanol–water partition coefficient (Wildman–Crippen LogP) is 4.20. The van der Waals surface area contributed by atoms with E-state index in [1.165, 1.54) is 0 Å². The quantitative estimate of drug-likeness (QED) is 0.863. The van der Waals surface area contributed by atoms with Crippen molar-refractivity contribution < 1.29 is 0 Å². The summed E-state index contributed by atoms with van der Waals surface area (Å²) in [4.78, 5) is 8.63. The first-order valence-corrected chi connectivity index (χ1v) is 6.40. The highest BCUT2D eigenvalue weighted by Crippen LogP contribution is 2.20. The zero-order chi connectivity index (χ0) is 12.3. The third kappa shape index (κ3) is 3.41. The fraction of sp³-hybridized carbons (Fsp3) is 0.167. The van der Waals surface area contributed by atoms with Gasteiger partial charge in [-0.2, -0.15) is 0 Å².